The molecule has 5 nitrogen and oxygen atoms in total. The lowest BCUT2D eigenvalue weighted by Gasteiger charge is -2.18. The number of halogens is 1. The van der Waals surface area contributed by atoms with Crippen molar-refractivity contribution in [2.45, 2.75) is 32.9 Å². The highest BCUT2D eigenvalue weighted by molar-refractivity contribution is 6.32. The highest BCUT2D eigenvalue weighted by atomic mass is 35.5. The first-order valence-electron chi connectivity index (χ1n) is 6.25. The van der Waals surface area contributed by atoms with Crippen LogP contribution in [0.25, 0.3) is 0 Å². The summed E-state index contributed by atoms with van der Waals surface area (Å²) < 4.78 is 1.86. The Balaban J connectivity index is 2.28. The topological polar surface area (TPSA) is 68.8 Å². The van der Waals surface area contributed by atoms with E-state index in [0.29, 0.717) is 6.42 Å². The zero-order chi connectivity index (χ0) is 13.8. The first kappa shape index (κ1) is 14.0. The largest absolute Gasteiger partial charge is 0.271 e. The van der Waals surface area contributed by atoms with Crippen molar-refractivity contribution < 1.29 is 0 Å². The van der Waals surface area contributed by atoms with E-state index in [9.17, 15) is 0 Å². The van der Waals surface area contributed by atoms with Crippen molar-refractivity contribution in [1.82, 2.24) is 20.2 Å². The zero-order valence-corrected chi connectivity index (χ0v) is 11.9. The Kier molecular flexibility index (Phi) is 4.52. The second-order valence-corrected chi connectivity index (χ2v) is 4.77. The van der Waals surface area contributed by atoms with Crippen molar-refractivity contribution in [3.8, 4) is 0 Å². The quantitative estimate of drug-likeness (QED) is 0.649. The first-order valence-corrected chi connectivity index (χ1v) is 6.63. The van der Waals surface area contributed by atoms with Gasteiger partial charge in [0.15, 0.2) is 0 Å². The van der Waals surface area contributed by atoms with Gasteiger partial charge < -0.3 is 0 Å². The second-order valence-electron chi connectivity index (χ2n) is 4.39. The van der Waals surface area contributed by atoms with Gasteiger partial charge >= 0.3 is 0 Å². The van der Waals surface area contributed by atoms with Crippen LogP contribution in [-0.2, 0) is 13.0 Å². The van der Waals surface area contributed by atoms with E-state index < -0.39 is 0 Å². The van der Waals surface area contributed by atoms with Gasteiger partial charge in [0, 0.05) is 18.0 Å². The van der Waals surface area contributed by atoms with Crippen molar-refractivity contribution in [3.05, 3.63) is 46.5 Å². The Morgan fingerprint density at radius 2 is 2.26 bits per heavy atom. The summed E-state index contributed by atoms with van der Waals surface area (Å²) in [6, 6.07) is 5.85. The number of nitrogens with one attached hydrogen (secondary N) is 1. The summed E-state index contributed by atoms with van der Waals surface area (Å²) >= 11 is 6.34. The second kappa shape index (κ2) is 6.14. The molecule has 1 atom stereocenters. The molecule has 6 heteroatoms. The lowest BCUT2D eigenvalue weighted by Crippen LogP contribution is -2.30. The van der Waals surface area contributed by atoms with Crippen molar-refractivity contribution in [3.63, 3.8) is 0 Å². The van der Waals surface area contributed by atoms with E-state index in [-0.39, 0.29) is 6.04 Å². The Hall–Kier alpha value is -1.43. The molecule has 0 spiro atoms. The molecule has 0 aliphatic carbocycles. The lowest BCUT2D eigenvalue weighted by molar-refractivity contribution is 0.510. The number of aryl methyl sites for hydroxylation is 2. The third kappa shape index (κ3) is 2.94. The van der Waals surface area contributed by atoms with E-state index in [2.05, 4.69) is 15.5 Å². The molecule has 0 amide bonds. The molecule has 1 aromatic carbocycles. The van der Waals surface area contributed by atoms with Crippen LogP contribution >= 0.6 is 11.6 Å². The number of hydrogen-bond acceptors (Lipinski definition) is 4. The summed E-state index contributed by atoms with van der Waals surface area (Å²) in [5, 5.41) is 4.90. The number of aromatic nitrogens is 3. The van der Waals surface area contributed by atoms with Crippen molar-refractivity contribution in [2.75, 3.05) is 0 Å². The maximum atomic E-state index is 6.34. The van der Waals surface area contributed by atoms with Gasteiger partial charge in [-0.1, -0.05) is 29.8 Å². The van der Waals surface area contributed by atoms with E-state index in [0.717, 1.165) is 28.5 Å². The standard InChI is InChI=1S/C13H18ClN5/c1-3-19-12(16-8-17-19)7-11(18-15)10-6-4-5-9(2)13(10)14/h4-6,8,11,18H,3,7,15H2,1-2H3. The average molecular weight is 280 g/mol. The molecule has 1 aromatic heterocycles. The molecule has 1 heterocycles. The van der Waals surface area contributed by atoms with Crippen LogP contribution in [-0.4, -0.2) is 14.8 Å². The van der Waals surface area contributed by atoms with Gasteiger partial charge in [-0.3, -0.25) is 16.0 Å². The minimum Gasteiger partial charge on any atom is -0.271 e. The molecule has 0 radical (unpaired) electrons. The van der Waals surface area contributed by atoms with E-state index >= 15 is 0 Å². The average Bonchev–Trinajstić information content (AvgIpc) is 2.87. The highest BCUT2D eigenvalue weighted by Gasteiger charge is 2.17. The Morgan fingerprint density at radius 1 is 1.47 bits per heavy atom. The fraction of sp³-hybridized carbons (Fsp3) is 0.385. The summed E-state index contributed by atoms with van der Waals surface area (Å²) in [5.41, 5.74) is 4.83. The summed E-state index contributed by atoms with van der Waals surface area (Å²) in [4.78, 5) is 4.27. The molecule has 0 fully saturated rings. The van der Waals surface area contributed by atoms with E-state index in [1.165, 1.54) is 0 Å². The van der Waals surface area contributed by atoms with Crippen molar-refractivity contribution >= 4 is 11.6 Å². The molecular weight excluding hydrogens is 262 g/mol. The van der Waals surface area contributed by atoms with Gasteiger partial charge in [0.2, 0.25) is 0 Å². The number of hydrazine groups is 1. The molecule has 2 rings (SSSR count). The smallest absolute Gasteiger partial charge is 0.138 e. The fourth-order valence-corrected chi connectivity index (χ4v) is 2.35. The Morgan fingerprint density at radius 3 is 2.95 bits per heavy atom. The summed E-state index contributed by atoms with van der Waals surface area (Å²) in [6.07, 6.45) is 2.21. The molecule has 1 unspecified atom stereocenters. The van der Waals surface area contributed by atoms with Gasteiger partial charge in [-0.15, -0.1) is 0 Å². The predicted octanol–water partition coefficient (Wildman–Crippen LogP) is 2.01. The maximum absolute atomic E-state index is 6.34. The summed E-state index contributed by atoms with van der Waals surface area (Å²) in [5.74, 6) is 6.56. The van der Waals surface area contributed by atoms with Gasteiger partial charge in [-0.25, -0.2) is 4.98 Å². The molecule has 102 valence electrons. The van der Waals surface area contributed by atoms with E-state index in [1.807, 2.05) is 36.7 Å². The van der Waals surface area contributed by atoms with Gasteiger partial charge in [0.25, 0.3) is 0 Å². The molecule has 0 aliphatic rings. The van der Waals surface area contributed by atoms with Crippen LogP contribution < -0.4 is 11.3 Å². The van der Waals surface area contributed by atoms with Crippen LogP contribution in [0.4, 0.5) is 0 Å². The summed E-state index contributed by atoms with van der Waals surface area (Å²) in [7, 11) is 0. The molecule has 0 saturated heterocycles. The van der Waals surface area contributed by atoms with Gasteiger partial charge in [0.1, 0.15) is 12.2 Å². The van der Waals surface area contributed by atoms with Crippen LogP contribution in [0.3, 0.4) is 0 Å². The zero-order valence-electron chi connectivity index (χ0n) is 11.1. The van der Waals surface area contributed by atoms with E-state index in [4.69, 9.17) is 17.4 Å². The van der Waals surface area contributed by atoms with Gasteiger partial charge in [0.05, 0.1) is 6.04 Å². The van der Waals surface area contributed by atoms with Crippen LogP contribution in [0.15, 0.2) is 24.5 Å². The van der Waals surface area contributed by atoms with Gasteiger partial charge in [-0.05, 0) is 25.0 Å². The molecular formula is C13H18ClN5. The third-order valence-corrected chi connectivity index (χ3v) is 3.70. The molecule has 3 N–H and O–H groups in total. The predicted molar refractivity (Wildman–Crippen MR) is 75.7 cm³/mol. The normalized spacial score (nSPS) is 12.6. The number of hydrogen-bond donors (Lipinski definition) is 2. The summed E-state index contributed by atoms with van der Waals surface area (Å²) in [6.45, 7) is 4.80. The molecule has 0 aliphatic heterocycles. The molecule has 0 bridgehead atoms. The first-order chi connectivity index (χ1) is 9.17. The van der Waals surface area contributed by atoms with Crippen LogP contribution in [0.5, 0.6) is 0 Å². The maximum Gasteiger partial charge on any atom is 0.138 e. The number of benzene rings is 1. The third-order valence-electron chi connectivity index (χ3n) is 3.18. The number of nitrogens with two attached hydrogens (primary N) is 1. The minimum absolute atomic E-state index is 0.0816. The fourth-order valence-electron chi connectivity index (χ4n) is 2.09. The van der Waals surface area contributed by atoms with Crippen molar-refractivity contribution in [1.29, 1.82) is 0 Å². The van der Waals surface area contributed by atoms with Crippen LogP contribution in [0, 0.1) is 6.92 Å². The van der Waals surface area contributed by atoms with Crippen LogP contribution in [0.2, 0.25) is 5.02 Å². The Labute approximate surface area is 117 Å². The minimum atomic E-state index is -0.0816. The van der Waals surface area contributed by atoms with Crippen LogP contribution in [0.1, 0.15) is 29.9 Å². The number of rotatable bonds is 5. The van der Waals surface area contributed by atoms with E-state index in [1.54, 1.807) is 6.33 Å². The SMILES string of the molecule is CCn1ncnc1CC(NN)c1cccc(C)c1Cl. The number of nitrogens with zero attached hydrogens (tertiary/aromatic N) is 3. The molecule has 19 heavy (non-hydrogen) atoms. The van der Waals surface area contributed by atoms with Gasteiger partial charge in [-0.2, -0.15) is 5.10 Å². The molecule has 0 saturated carbocycles. The highest BCUT2D eigenvalue weighted by Crippen LogP contribution is 2.27. The van der Waals surface area contributed by atoms with Crippen molar-refractivity contribution in [2.24, 2.45) is 5.84 Å². The lowest BCUT2D eigenvalue weighted by atomic mass is 10.0. The molecule has 2 aromatic rings. The Bertz CT molecular complexity index is 552. The monoisotopic (exact) mass is 279 g/mol.